The van der Waals surface area contributed by atoms with E-state index in [1.54, 1.807) is 4.90 Å². The fourth-order valence-corrected chi connectivity index (χ4v) is 6.04. The molecule has 2 aromatic carbocycles. The highest BCUT2D eigenvalue weighted by Crippen LogP contribution is 2.41. The van der Waals surface area contributed by atoms with Gasteiger partial charge in [0.05, 0.1) is 12.4 Å². The highest BCUT2D eigenvalue weighted by atomic mass is 32.2. The number of ether oxygens (including phenoxy) is 3. The molecule has 0 aromatic heterocycles. The molecule has 3 aliphatic rings. The molecule has 1 spiro atoms. The Morgan fingerprint density at radius 3 is 2.39 bits per heavy atom. The molecular weight excluding hydrogens is 502 g/mol. The molecule has 0 radical (unpaired) electrons. The smallest absolute Gasteiger partial charge is 0.410 e. The first-order valence-corrected chi connectivity index (χ1v) is 15.7. The monoisotopic (exact) mass is 541 g/mol. The maximum Gasteiger partial charge on any atom is 0.410 e. The number of hydrogen-bond acceptors (Lipinski definition) is 6. The Balaban J connectivity index is 1.29. The number of piperidine rings is 1. The number of likely N-dealkylation sites (tertiary alicyclic amines) is 1. The van der Waals surface area contributed by atoms with Crippen molar-refractivity contribution < 1.29 is 27.4 Å². The third-order valence-electron chi connectivity index (χ3n) is 7.55. The quantitative estimate of drug-likeness (QED) is 0.461. The van der Waals surface area contributed by atoms with Crippen molar-refractivity contribution in [2.24, 2.45) is 5.92 Å². The minimum atomic E-state index is -3.17. The lowest BCUT2D eigenvalue weighted by Crippen LogP contribution is -2.52. The van der Waals surface area contributed by atoms with E-state index >= 15 is 0 Å². The van der Waals surface area contributed by atoms with Gasteiger partial charge in [-0.2, -0.15) is 0 Å². The molecule has 1 saturated carbocycles. The molecule has 5 rings (SSSR count). The molecular formula is C30H39NO6S. The van der Waals surface area contributed by atoms with E-state index < -0.39 is 15.4 Å². The molecule has 0 atom stereocenters. The fraction of sp³-hybridized carbons (Fsp3) is 0.567. The second-order valence-corrected chi connectivity index (χ2v) is 14.4. The summed E-state index contributed by atoms with van der Waals surface area (Å²) in [6.45, 7) is 7.55. The first-order valence-electron chi connectivity index (χ1n) is 13.6. The molecule has 2 aliphatic heterocycles. The summed E-state index contributed by atoms with van der Waals surface area (Å²) >= 11 is 0. The largest absolute Gasteiger partial charge is 0.493 e. The number of rotatable bonds is 6. The topological polar surface area (TPSA) is 82.1 Å². The molecule has 8 heteroatoms. The summed E-state index contributed by atoms with van der Waals surface area (Å²) in [6, 6.07) is 12.1. The van der Waals surface area contributed by atoms with Crippen LogP contribution in [0, 0.1) is 5.92 Å². The van der Waals surface area contributed by atoms with Crippen LogP contribution in [0.1, 0.15) is 64.0 Å². The standard InChI is InChI=1S/C30H39NO6S/c1-29(2,3)37-28(32)31-15-13-30(14-16-31)12-11-24-17-22(9-10-26(24)36-30)23-7-8-25(20-38(4,33)34)27(18-23)35-19-21-5-6-21/h7-10,17-18,21H,5-6,11-16,19-20H2,1-4H3. The minimum absolute atomic E-state index is 0.0290. The Morgan fingerprint density at radius 2 is 1.74 bits per heavy atom. The second-order valence-electron chi connectivity index (χ2n) is 12.2. The van der Waals surface area contributed by atoms with Crippen LogP contribution in [0.5, 0.6) is 11.5 Å². The third-order valence-corrected chi connectivity index (χ3v) is 8.39. The van der Waals surface area contributed by atoms with E-state index in [1.807, 2.05) is 45.0 Å². The van der Waals surface area contributed by atoms with Gasteiger partial charge < -0.3 is 19.1 Å². The van der Waals surface area contributed by atoms with Crippen LogP contribution in [-0.2, 0) is 26.7 Å². The lowest BCUT2D eigenvalue weighted by atomic mass is 9.82. The normalized spacial score (nSPS) is 19.0. The molecule has 0 N–H and O–H groups in total. The molecule has 1 aliphatic carbocycles. The van der Waals surface area contributed by atoms with Crippen LogP contribution in [0.3, 0.4) is 0 Å². The SMILES string of the molecule is CC(C)(C)OC(=O)N1CCC2(CCc3cc(-c4ccc(CS(C)(=O)=O)c(OCC5CC5)c4)ccc3O2)CC1. The highest BCUT2D eigenvalue weighted by molar-refractivity contribution is 7.89. The Kier molecular flexibility index (Phi) is 7.14. The molecule has 1 saturated heterocycles. The number of sulfone groups is 1. The van der Waals surface area contributed by atoms with Crippen molar-refractivity contribution in [2.75, 3.05) is 26.0 Å². The van der Waals surface area contributed by atoms with Crippen LogP contribution in [0.2, 0.25) is 0 Å². The van der Waals surface area contributed by atoms with E-state index in [-0.39, 0.29) is 17.4 Å². The molecule has 1 amide bonds. The molecule has 2 heterocycles. The van der Waals surface area contributed by atoms with Crippen LogP contribution >= 0.6 is 0 Å². The maximum atomic E-state index is 12.5. The number of carbonyl (C=O) groups is 1. The number of benzene rings is 2. The zero-order valence-corrected chi connectivity index (χ0v) is 23.7. The second kappa shape index (κ2) is 10.1. The van der Waals surface area contributed by atoms with Crippen LogP contribution in [0.15, 0.2) is 36.4 Å². The molecule has 2 aromatic rings. The Bertz CT molecular complexity index is 1300. The summed E-state index contributed by atoms with van der Waals surface area (Å²) < 4.78 is 42.1. The van der Waals surface area contributed by atoms with E-state index in [2.05, 4.69) is 12.1 Å². The molecule has 0 bridgehead atoms. The Labute approximate surface area is 226 Å². The molecule has 206 valence electrons. The van der Waals surface area contributed by atoms with E-state index in [0.29, 0.717) is 36.9 Å². The zero-order chi connectivity index (χ0) is 27.1. The van der Waals surface area contributed by atoms with Crippen molar-refractivity contribution >= 4 is 15.9 Å². The van der Waals surface area contributed by atoms with E-state index in [9.17, 15) is 13.2 Å². The van der Waals surface area contributed by atoms with Gasteiger partial charge in [-0.3, -0.25) is 0 Å². The maximum absolute atomic E-state index is 12.5. The van der Waals surface area contributed by atoms with Gasteiger partial charge >= 0.3 is 6.09 Å². The van der Waals surface area contributed by atoms with Gasteiger partial charge in [-0.15, -0.1) is 0 Å². The summed E-state index contributed by atoms with van der Waals surface area (Å²) in [5, 5.41) is 0. The van der Waals surface area contributed by atoms with Gasteiger partial charge in [-0.05, 0) is 87.3 Å². The summed E-state index contributed by atoms with van der Waals surface area (Å²) in [4.78, 5) is 14.3. The van der Waals surface area contributed by atoms with Gasteiger partial charge in [0.25, 0.3) is 0 Å². The van der Waals surface area contributed by atoms with Gasteiger partial charge in [0.1, 0.15) is 22.7 Å². The van der Waals surface area contributed by atoms with Crippen molar-refractivity contribution in [3.8, 4) is 22.6 Å². The van der Waals surface area contributed by atoms with E-state index in [1.165, 1.54) is 24.7 Å². The summed E-state index contributed by atoms with van der Waals surface area (Å²) in [5.74, 6) is 2.11. The fourth-order valence-electron chi connectivity index (χ4n) is 5.24. The van der Waals surface area contributed by atoms with Crippen LogP contribution in [0.4, 0.5) is 4.79 Å². The zero-order valence-electron chi connectivity index (χ0n) is 22.9. The van der Waals surface area contributed by atoms with Crippen molar-refractivity contribution in [2.45, 2.75) is 76.3 Å². The van der Waals surface area contributed by atoms with Crippen molar-refractivity contribution in [1.29, 1.82) is 0 Å². The Hall–Kier alpha value is -2.74. The first kappa shape index (κ1) is 26.9. The number of amides is 1. The summed E-state index contributed by atoms with van der Waals surface area (Å²) in [5.41, 5.74) is 3.19. The van der Waals surface area contributed by atoms with E-state index in [0.717, 1.165) is 42.6 Å². The average Bonchev–Trinajstić information content (AvgIpc) is 3.66. The highest BCUT2D eigenvalue weighted by Gasteiger charge is 2.41. The summed E-state index contributed by atoms with van der Waals surface area (Å²) in [7, 11) is -3.17. The number of aryl methyl sites for hydroxylation is 1. The molecule has 38 heavy (non-hydrogen) atoms. The molecule has 7 nitrogen and oxygen atoms in total. The summed E-state index contributed by atoms with van der Waals surface area (Å²) in [6.07, 6.45) is 6.74. The molecule has 0 unspecified atom stereocenters. The van der Waals surface area contributed by atoms with Crippen molar-refractivity contribution in [1.82, 2.24) is 4.90 Å². The van der Waals surface area contributed by atoms with Gasteiger partial charge in [0.2, 0.25) is 0 Å². The lowest BCUT2D eigenvalue weighted by molar-refractivity contribution is -0.0272. The molecule has 2 fully saturated rings. The van der Waals surface area contributed by atoms with Crippen molar-refractivity contribution in [3.05, 3.63) is 47.5 Å². The number of hydrogen-bond donors (Lipinski definition) is 0. The van der Waals surface area contributed by atoms with Gasteiger partial charge in [-0.25, -0.2) is 13.2 Å². The first-order chi connectivity index (χ1) is 17.9. The average molecular weight is 542 g/mol. The van der Waals surface area contributed by atoms with Crippen LogP contribution in [-0.4, -0.2) is 56.6 Å². The van der Waals surface area contributed by atoms with Crippen LogP contribution in [0.25, 0.3) is 11.1 Å². The van der Waals surface area contributed by atoms with Gasteiger partial charge in [0, 0.05) is 37.8 Å². The predicted octanol–water partition coefficient (Wildman–Crippen LogP) is 5.78. The lowest BCUT2D eigenvalue weighted by Gasteiger charge is -2.44. The number of fused-ring (bicyclic) bond motifs is 1. The minimum Gasteiger partial charge on any atom is -0.493 e. The number of nitrogens with zero attached hydrogens (tertiary/aromatic N) is 1. The Morgan fingerprint density at radius 1 is 1.05 bits per heavy atom. The van der Waals surface area contributed by atoms with E-state index in [4.69, 9.17) is 14.2 Å². The van der Waals surface area contributed by atoms with Crippen molar-refractivity contribution in [3.63, 3.8) is 0 Å². The van der Waals surface area contributed by atoms with Gasteiger partial charge in [-0.1, -0.05) is 18.2 Å². The van der Waals surface area contributed by atoms with Gasteiger partial charge in [0.15, 0.2) is 9.84 Å². The number of carbonyl (C=O) groups excluding carboxylic acids is 1. The predicted molar refractivity (Wildman–Crippen MR) is 147 cm³/mol. The van der Waals surface area contributed by atoms with Crippen LogP contribution < -0.4 is 9.47 Å². The third kappa shape index (κ3) is 6.63.